The second kappa shape index (κ2) is 6.87. The average molecular weight is 365 g/mol. The summed E-state index contributed by atoms with van der Waals surface area (Å²) < 4.78 is 33.7. The van der Waals surface area contributed by atoms with Crippen molar-refractivity contribution >= 4 is 11.6 Å². The van der Waals surface area contributed by atoms with Crippen LogP contribution in [0.15, 0.2) is 77.4 Å². The third-order valence-corrected chi connectivity index (χ3v) is 3.90. The van der Waals surface area contributed by atoms with Gasteiger partial charge in [-0.05, 0) is 36.4 Å². The Morgan fingerprint density at radius 3 is 2.52 bits per heavy atom. The largest absolute Gasteiger partial charge is 0.463 e. The summed E-state index contributed by atoms with van der Waals surface area (Å²) in [5, 5.41) is 6.88. The normalized spacial score (nSPS) is 10.7. The monoisotopic (exact) mass is 365 g/mol. The second-order valence-electron chi connectivity index (χ2n) is 5.72. The standard InChI is InChI=1S/C20H13F2N3O2/c21-13-8-9-16(15(22)11-13)23-20(26)18-12-17(19-7-4-10-27-19)24-25(18)14-5-2-1-3-6-14/h1-12H,(H,23,26). The Morgan fingerprint density at radius 2 is 1.81 bits per heavy atom. The van der Waals surface area contributed by atoms with Gasteiger partial charge in [-0.1, -0.05) is 18.2 Å². The van der Waals surface area contributed by atoms with Gasteiger partial charge in [0.25, 0.3) is 5.91 Å². The van der Waals surface area contributed by atoms with E-state index in [1.807, 2.05) is 18.2 Å². The zero-order valence-electron chi connectivity index (χ0n) is 13.9. The number of carbonyl (C=O) groups excluding carboxylic acids is 1. The maximum Gasteiger partial charge on any atom is 0.274 e. The van der Waals surface area contributed by atoms with Crippen LogP contribution in [0.2, 0.25) is 0 Å². The lowest BCUT2D eigenvalue weighted by atomic mass is 10.2. The van der Waals surface area contributed by atoms with Gasteiger partial charge in [0, 0.05) is 12.1 Å². The van der Waals surface area contributed by atoms with Gasteiger partial charge in [0.1, 0.15) is 23.0 Å². The van der Waals surface area contributed by atoms with Gasteiger partial charge in [0.05, 0.1) is 17.6 Å². The molecule has 7 heteroatoms. The van der Waals surface area contributed by atoms with Crippen LogP contribution in [-0.4, -0.2) is 15.7 Å². The minimum Gasteiger partial charge on any atom is -0.463 e. The Labute approximate surface area is 152 Å². The number of para-hydroxylation sites is 1. The topological polar surface area (TPSA) is 60.1 Å². The van der Waals surface area contributed by atoms with E-state index in [4.69, 9.17) is 4.42 Å². The number of hydrogen-bond donors (Lipinski definition) is 1. The molecule has 0 bridgehead atoms. The molecule has 2 aromatic carbocycles. The predicted octanol–water partition coefficient (Wildman–Crippen LogP) is 4.66. The molecule has 134 valence electrons. The van der Waals surface area contributed by atoms with E-state index < -0.39 is 17.5 Å². The number of nitrogens with zero attached hydrogens (tertiary/aromatic N) is 2. The minimum atomic E-state index is -0.861. The van der Waals surface area contributed by atoms with Crippen molar-refractivity contribution < 1.29 is 18.0 Å². The van der Waals surface area contributed by atoms with Crippen LogP contribution in [0.4, 0.5) is 14.5 Å². The highest BCUT2D eigenvalue weighted by Crippen LogP contribution is 2.23. The van der Waals surface area contributed by atoms with E-state index in [-0.39, 0.29) is 11.4 Å². The molecule has 0 aliphatic rings. The van der Waals surface area contributed by atoms with E-state index in [1.165, 1.54) is 17.0 Å². The summed E-state index contributed by atoms with van der Waals surface area (Å²) in [4.78, 5) is 12.8. The van der Waals surface area contributed by atoms with Gasteiger partial charge < -0.3 is 9.73 Å². The van der Waals surface area contributed by atoms with Crippen molar-refractivity contribution in [1.29, 1.82) is 0 Å². The smallest absolute Gasteiger partial charge is 0.274 e. The first kappa shape index (κ1) is 16.7. The summed E-state index contributed by atoms with van der Waals surface area (Å²) in [5.41, 5.74) is 1.16. The van der Waals surface area contributed by atoms with E-state index in [0.29, 0.717) is 23.2 Å². The lowest BCUT2D eigenvalue weighted by molar-refractivity contribution is 0.101. The van der Waals surface area contributed by atoms with Crippen LogP contribution in [0.3, 0.4) is 0 Å². The molecule has 1 amide bonds. The number of furan rings is 1. The highest BCUT2D eigenvalue weighted by Gasteiger charge is 2.20. The number of benzene rings is 2. The van der Waals surface area contributed by atoms with Crippen molar-refractivity contribution in [3.8, 4) is 17.1 Å². The molecule has 2 aromatic heterocycles. The van der Waals surface area contributed by atoms with Crippen LogP contribution in [0.5, 0.6) is 0 Å². The quantitative estimate of drug-likeness (QED) is 0.572. The predicted molar refractivity (Wildman–Crippen MR) is 95.6 cm³/mol. The van der Waals surface area contributed by atoms with Crippen LogP contribution in [0, 0.1) is 11.6 Å². The maximum atomic E-state index is 13.9. The molecule has 0 saturated carbocycles. The van der Waals surface area contributed by atoms with Crippen molar-refractivity contribution in [1.82, 2.24) is 9.78 Å². The molecule has 4 rings (SSSR count). The van der Waals surface area contributed by atoms with E-state index in [9.17, 15) is 13.6 Å². The molecule has 27 heavy (non-hydrogen) atoms. The van der Waals surface area contributed by atoms with Crippen LogP contribution in [-0.2, 0) is 0 Å². The number of aromatic nitrogens is 2. The third-order valence-electron chi connectivity index (χ3n) is 3.90. The fourth-order valence-electron chi connectivity index (χ4n) is 2.63. The van der Waals surface area contributed by atoms with Gasteiger partial charge in [-0.2, -0.15) is 5.10 Å². The minimum absolute atomic E-state index is 0.123. The molecule has 0 aliphatic heterocycles. The highest BCUT2D eigenvalue weighted by atomic mass is 19.1. The van der Waals surface area contributed by atoms with Gasteiger partial charge in [0.2, 0.25) is 0 Å². The Hall–Kier alpha value is -3.74. The first-order valence-corrected chi connectivity index (χ1v) is 8.07. The first-order valence-electron chi connectivity index (χ1n) is 8.07. The molecule has 0 aliphatic carbocycles. The summed E-state index contributed by atoms with van der Waals surface area (Å²) >= 11 is 0. The number of nitrogens with one attached hydrogen (secondary N) is 1. The van der Waals surface area contributed by atoms with E-state index in [1.54, 1.807) is 30.3 Å². The van der Waals surface area contributed by atoms with Crippen molar-refractivity contribution in [2.45, 2.75) is 0 Å². The van der Waals surface area contributed by atoms with Gasteiger partial charge in [-0.15, -0.1) is 0 Å². The molecule has 0 spiro atoms. The zero-order valence-corrected chi connectivity index (χ0v) is 13.9. The average Bonchev–Trinajstić information content (AvgIpc) is 3.34. The third kappa shape index (κ3) is 3.35. The Bertz CT molecular complexity index is 1090. The molecule has 0 fully saturated rings. The fourth-order valence-corrected chi connectivity index (χ4v) is 2.63. The number of halogens is 2. The summed E-state index contributed by atoms with van der Waals surface area (Å²) in [6, 6.07) is 17.0. The lowest BCUT2D eigenvalue weighted by Crippen LogP contribution is -2.17. The summed E-state index contributed by atoms with van der Waals surface area (Å²) in [6.45, 7) is 0. The van der Waals surface area contributed by atoms with E-state index >= 15 is 0 Å². The second-order valence-corrected chi connectivity index (χ2v) is 5.72. The van der Waals surface area contributed by atoms with Crippen molar-refractivity contribution in [2.24, 2.45) is 0 Å². The summed E-state index contributed by atoms with van der Waals surface area (Å²) in [7, 11) is 0. The SMILES string of the molecule is O=C(Nc1ccc(F)cc1F)c1cc(-c2ccco2)nn1-c1ccccc1. The number of carbonyl (C=O) groups is 1. The number of rotatable bonds is 4. The van der Waals surface area contributed by atoms with Crippen LogP contribution >= 0.6 is 0 Å². The summed E-state index contributed by atoms with van der Waals surface area (Å²) in [6.07, 6.45) is 1.50. The Morgan fingerprint density at radius 1 is 1.00 bits per heavy atom. The highest BCUT2D eigenvalue weighted by molar-refractivity contribution is 6.04. The van der Waals surface area contributed by atoms with Crippen LogP contribution in [0.25, 0.3) is 17.1 Å². The van der Waals surface area contributed by atoms with Gasteiger partial charge in [0.15, 0.2) is 5.76 Å². The van der Waals surface area contributed by atoms with Crippen molar-refractivity contribution in [3.05, 3.63) is 90.3 Å². The molecular formula is C20H13F2N3O2. The fraction of sp³-hybridized carbons (Fsp3) is 0. The maximum absolute atomic E-state index is 13.9. The van der Waals surface area contributed by atoms with E-state index in [2.05, 4.69) is 10.4 Å². The Balaban J connectivity index is 1.75. The van der Waals surface area contributed by atoms with Gasteiger partial charge in [-0.25, -0.2) is 13.5 Å². The number of hydrogen-bond acceptors (Lipinski definition) is 3. The zero-order chi connectivity index (χ0) is 18.8. The number of anilines is 1. The molecule has 1 N–H and O–H groups in total. The Kier molecular flexibility index (Phi) is 4.25. The molecule has 0 radical (unpaired) electrons. The van der Waals surface area contributed by atoms with Crippen molar-refractivity contribution in [3.63, 3.8) is 0 Å². The van der Waals surface area contributed by atoms with Crippen LogP contribution in [0.1, 0.15) is 10.5 Å². The van der Waals surface area contributed by atoms with Gasteiger partial charge in [-0.3, -0.25) is 4.79 Å². The summed E-state index contributed by atoms with van der Waals surface area (Å²) in [5.74, 6) is -1.68. The molecule has 5 nitrogen and oxygen atoms in total. The molecule has 0 atom stereocenters. The van der Waals surface area contributed by atoms with E-state index in [0.717, 1.165) is 6.07 Å². The lowest BCUT2D eigenvalue weighted by Gasteiger charge is -2.09. The molecule has 0 saturated heterocycles. The van der Waals surface area contributed by atoms with Gasteiger partial charge >= 0.3 is 0 Å². The van der Waals surface area contributed by atoms with Crippen LogP contribution < -0.4 is 5.32 Å². The first-order chi connectivity index (χ1) is 13.1. The molecule has 0 unspecified atom stereocenters. The van der Waals surface area contributed by atoms with Crippen molar-refractivity contribution in [2.75, 3.05) is 5.32 Å². The molecular weight excluding hydrogens is 352 g/mol. The number of amides is 1. The molecule has 2 heterocycles. The molecule has 4 aromatic rings.